The summed E-state index contributed by atoms with van der Waals surface area (Å²) in [5.41, 5.74) is 0. The van der Waals surface area contributed by atoms with Gasteiger partial charge in [0.2, 0.25) is 0 Å². The number of allylic oxidation sites excluding steroid dienone is 2. The summed E-state index contributed by atoms with van der Waals surface area (Å²) in [4.78, 5) is 22.1. The number of carbonyl (C=O) groups excluding carboxylic acids is 1. The Morgan fingerprint density at radius 1 is 1.47 bits per heavy atom. The minimum atomic E-state index is -0.820. The second kappa shape index (κ2) is 5.69. The molecule has 0 fully saturated rings. The number of carbonyl (C=O) groups is 2. The average molecular weight is 210 g/mol. The molecule has 3 nitrogen and oxygen atoms in total. The first-order valence-corrected chi connectivity index (χ1v) is 5.59. The standard InChI is InChI=1S/C12H18O3/c1-2-3-4-5-10-9(8-12(14)15)6-7-11(10)13/h6-7,9-10H,2-5,8H2,1H3,(H,14,15). The van der Waals surface area contributed by atoms with Crippen LogP contribution in [-0.4, -0.2) is 16.9 Å². The van der Waals surface area contributed by atoms with E-state index in [2.05, 4.69) is 6.92 Å². The van der Waals surface area contributed by atoms with Crippen LogP contribution < -0.4 is 0 Å². The lowest BCUT2D eigenvalue weighted by Crippen LogP contribution is -2.18. The zero-order chi connectivity index (χ0) is 11.3. The van der Waals surface area contributed by atoms with Gasteiger partial charge in [0, 0.05) is 5.92 Å². The van der Waals surface area contributed by atoms with E-state index < -0.39 is 5.97 Å². The van der Waals surface area contributed by atoms with E-state index in [1.54, 1.807) is 12.2 Å². The molecule has 0 aromatic heterocycles. The number of hydrogen-bond acceptors (Lipinski definition) is 2. The van der Waals surface area contributed by atoms with E-state index in [1.807, 2.05) is 0 Å². The Bertz CT molecular complexity index is 268. The van der Waals surface area contributed by atoms with Gasteiger partial charge in [0.1, 0.15) is 0 Å². The van der Waals surface area contributed by atoms with Crippen molar-refractivity contribution >= 4 is 11.8 Å². The monoisotopic (exact) mass is 210 g/mol. The van der Waals surface area contributed by atoms with Crippen molar-refractivity contribution in [1.82, 2.24) is 0 Å². The normalized spacial score (nSPS) is 24.7. The van der Waals surface area contributed by atoms with Gasteiger partial charge in [0.05, 0.1) is 6.42 Å². The van der Waals surface area contributed by atoms with Gasteiger partial charge in [-0.25, -0.2) is 0 Å². The van der Waals surface area contributed by atoms with Crippen LogP contribution >= 0.6 is 0 Å². The van der Waals surface area contributed by atoms with Crippen molar-refractivity contribution in [2.75, 3.05) is 0 Å². The van der Waals surface area contributed by atoms with Crippen LogP contribution in [0, 0.1) is 11.8 Å². The van der Waals surface area contributed by atoms with Crippen LogP contribution in [-0.2, 0) is 9.59 Å². The maximum Gasteiger partial charge on any atom is 0.303 e. The summed E-state index contributed by atoms with van der Waals surface area (Å²) >= 11 is 0. The summed E-state index contributed by atoms with van der Waals surface area (Å²) in [7, 11) is 0. The Morgan fingerprint density at radius 2 is 2.20 bits per heavy atom. The maximum atomic E-state index is 11.5. The summed E-state index contributed by atoms with van der Waals surface area (Å²) in [5, 5.41) is 8.70. The third-order valence-electron chi connectivity index (χ3n) is 2.92. The van der Waals surface area contributed by atoms with Crippen LogP contribution in [0.4, 0.5) is 0 Å². The number of ketones is 1. The van der Waals surface area contributed by atoms with Gasteiger partial charge in [0.15, 0.2) is 5.78 Å². The molecule has 2 atom stereocenters. The molecular weight excluding hydrogens is 192 g/mol. The molecule has 0 radical (unpaired) electrons. The van der Waals surface area contributed by atoms with Crippen molar-refractivity contribution in [2.24, 2.45) is 11.8 Å². The van der Waals surface area contributed by atoms with Gasteiger partial charge in [-0.05, 0) is 18.4 Å². The summed E-state index contributed by atoms with van der Waals surface area (Å²) in [6.07, 6.45) is 7.47. The molecule has 3 heteroatoms. The minimum Gasteiger partial charge on any atom is -0.481 e. The number of rotatable bonds is 6. The highest BCUT2D eigenvalue weighted by Gasteiger charge is 2.30. The lowest BCUT2D eigenvalue weighted by atomic mass is 9.87. The molecule has 1 N–H and O–H groups in total. The van der Waals surface area contributed by atoms with E-state index in [-0.39, 0.29) is 24.0 Å². The van der Waals surface area contributed by atoms with Crippen molar-refractivity contribution in [1.29, 1.82) is 0 Å². The number of aliphatic carboxylic acids is 1. The molecule has 15 heavy (non-hydrogen) atoms. The first-order valence-electron chi connectivity index (χ1n) is 5.59. The Labute approximate surface area is 90.2 Å². The summed E-state index contributed by atoms with van der Waals surface area (Å²) in [6, 6.07) is 0. The van der Waals surface area contributed by atoms with Gasteiger partial charge in [-0.2, -0.15) is 0 Å². The highest BCUT2D eigenvalue weighted by molar-refractivity contribution is 5.95. The molecule has 84 valence electrons. The number of carboxylic acids is 1. The predicted molar refractivity (Wildman–Crippen MR) is 57.5 cm³/mol. The molecule has 2 unspecified atom stereocenters. The first-order chi connectivity index (χ1) is 7.15. The third-order valence-corrected chi connectivity index (χ3v) is 2.92. The van der Waals surface area contributed by atoms with E-state index >= 15 is 0 Å². The van der Waals surface area contributed by atoms with E-state index in [0.717, 1.165) is 25.7 Å². The second-order valence-electron chi connectivity index (χ2n) is 4.13. The highest BCUT2D eigenvalue weighted by Crippen LogP contribution is 2.29. The zero-order valence-corrected chi connectivity index (χ0v) is 9.11. The van der Waals surface area contributed by atoms with E-state index in [9.17, 15) is 9.59 Å². The molecule has 1 aliphatic carbocycles. The largest absolute Gasteiger partial charge is 0.481 e. The molecule has 0 aromatic rings. The fraction of sp³-hybridized carbons (Fsp3) is 0.667. The Balaban J connectivity index is 2.44. The summed E-state index contributed by atoms with van der Waals surface area (Å²) < 4.78 is 0. The van der Waals surface area contributed by atoms with Crippen LogP contribution in [0.2, 0.25) is 0 Å². The number of carboxylic acid groups (broad SMARTS) is 1. The predicted octanol–water partition coefficient (Wildman–Crippen LogP) is 2.41. The number of hydrogen-bond donors (Lipinski definition) is 1. The van der Waals surface area contributed by atoms with Gasteiger partial charge in [-0.3, -0.25) is 9.59 Å². The van der Waals surface area contributed by atoms with Crippen LogP contribution in [0.1, 0.15) is 39.0 Å². The molecule has 0 bridgehead atoms. The number of unbranched alkanes of at least 4 members (excludes halogenated alkanes) is 2. The van der Waals surface area contributed by atoms with E-state index in [0.29, 0.717) is 0 Å². The minimum absolute atomic E-state index is 0.0763. The van der Waals surface area contributed by atoms with Crippen molar-refractivity contribution in [2.45, 2.75) is 39.0 Å². The lowest BCUT2D eigenvalue weighted by molar-refractivity contribution is -0.138. The van der Waals surface area contributed by atoms with Crippen molar-refractivity contribution in [3.05, 3.63) is 12.2 Å². The van der Waals surface area contributed by atoms with E-state index in [4.69, 9.17) is 5.11 Å². The molecule has 0 amide bonds. The zero-order valence-electron chi connectivity index (χ0n) is 9.11. The quantitative estimate of drug-likeness (QED) is 0.685. The molecule has 0 aliphatic heterocycles. The molecule has 0 aromatic carbocycles. The molecular formula is C12H18O3. The van der Waals surface area contributed by atoms with Gasteiger partial charge >= 0.3 is 5.97 Å². The van der Waals surface area contributed by atoms with Crippen molar-refractivity contribution in [3.63, 3.8) is 0 Å². The first kappa shape index (κ1) is 12.0. The Morgan fingerprint density at radius 3 is 2.80 bits per heavy atom. The fourth-order valence-electron chi connectivity index (χ4n) is 2.07. The fourth-order valence-corrected chi connectivity index (χ4v) is 2.07. The van der Waals surface area contributed by atoms with Gasteiger partial charge in [-0.15, -0.1) is 0 Å². The topological polar surface area (TPSA) is 54.4 Å². The van der Waals surface area contributed by atoms with Crippen molar-refractivity contribution < 1.29 is 14.7 Å². The third kappa shape index (κ3) is 3.50. The molecule has 0 saturated heterocycles. The summed E-state index contributed by atoms with van der Waals surface area (Å²) in [5.74, 6) is -0.864. The van der Waals surface area contributed by atoms with Crippen LogP contribution in [0.25, 0.3) is 0 Å². The molecule has 0 spiro atoms. The SMILES string of the molecule is CCCCCC1C(=O)C=CC1CC(=O)O. The van der Waals surface area contributed by atoms with Crippen LogP contribution in [0.5, 0.6) is 0 Å². The Hall–Kier alpha value is -1.12. The highest BCUT2D eigenvalue weighted by atomic mass is 16.4. The Kier molecular flexibility index (Phi) is 4.53. The van der Waals surface area contributed by atoms with E-state index in [1.165, 1.54) is 0 Å². The van der Waals surface area contributed by atoms with Crippen molar-refractivity contribution in [3.8, 4) is 0 Å². The molecule has 1 aliphatic rings. The molecule has 0 saturated carbocycles. The second-order valence-corrected chi connectivity index (χ2v) is 4.13. The van der Waals surface area contributed by atoms with Crippen LogP contribution in [0.3, 0.4) is 0 Å². The van der Waals surface area contributed by atoms with Crippen LogP contribution in [0.15, 0.2) is 12.2 Å². The van der Waals surface area contributed by atoms with Gasteiger partial charge < -0.3 is 5.11 Å². The lowest BCUT2D eigenvalue weighted by Gasteiger charge is -2.15. The summed E-state index contributed by atoms with van der Waals surface area (Å²) in [6.45, 7) is 2.11. The smallest absolute Gasteiger partial charge is 0.303 e. The average Bonchev–Trinajstić information content (AvgIpc) is 2.49. The molecule has 1 rings (SSSR count). The van der Waals surface area contributed by atoms with Gasteiger partial charge in [0.25, 0.3) is 0 Å². The van der Waals surface area contributed by atoms with Gasteiger partial charge in [-0.1, -0.05) is 32.3 Å². The molecule has 0 heterocycles. The maximum absolute atomic E-state index is 11.5.